The fourth-order valence-corrected chi connectivity index (χ4v) is 3.26. The Bertz CT molecular complexity index is 869. The quantitative estimate of drug-likeness (QED) is 0.395. The van der Waals surface area contributed by atoms with Crippen LogP contribution in [0.3, 0.4) is 0 Å². The Hall–Kier alpha value is -1.66. The Morgan fingerprint density at radius 2 is 1.87 bits per heavy atom. The zero-order chi connectivity index (χ0) is 16.4. The minimum atomic E-state index is 0.570. The van der Waals surface area contributed by atoms with E-state index in [0.29, 0.717) is 5.15 Å². The van der Waals surface area contributed by atoms with E-state index in [2.05, 4.69) is 45.7 Å². The molecule has 0 spiro atoms. The molecule has 0 fully saturated rings. The van der Waals surface area contributed by atoms with Crippen molar-refractivity contribution in [3.63, 3.8) is 0 Å². The maximum absolute atomic E-state index is 6.50. The van der Waals surface area contributed by atoms with E-state index in [-0.39, 0.29) is 0 Å². The van der Waals surface area contributed by atoms with E-state index in [9.17, 15) is 0 Å². The first-order valence-corrected chi connectivity index (χ1v) is 8.62. The van der Waals surface area contributed by atoms with Crippen LogP contribution in [0.2, 0.25) is 5.15 Å². The van der Waals surface area contributed by atoms with Crippen LogP contribution in [0, 0.1) is 17.4 Å². The fourth-order valence-electron chi connectivity index (χ4n) is 2.30. The molecule has 0 bridgehead atoms. The summed E-state index contributed by atoms with van der Waals surface area (Å²) >= 11 is 8.80. The van der Waals surface area contributed by atoms with Gasteiger partial charge in [0.15, 0.2) is 0 Å². The molecule has 0 atom stereocenters. The maximum atomic E-state index is 6.50. The highest BCUT2D eigenvalue weighted by Gasteiger charge is 2.12. The summed E-state index contributed by atoms with van der Waals surface area (Å²) in [5.74, 6) is 0. The van der Waals surface area contributed by atoms with Gasteiger partial charge >= 0.3 is 0 Å². The summed E-state index contributed by atoms with van der Waals surface area (Å²) < 4.78 is 2.93. The van der Waals surface area contributed by atoms with Gasteiger partial charge in [0, 0.05) is 9.78 Å². The molecule has 5 heteroatoms. The molecule has 1 aromatic heterocycles. The lowest BCUT2D eigenvalue weighted by Gasteiger charge is -2.02. The van der Waals surface area contributed by atoms with Crippen molar-refractivity contribution < 1.29 is 0 Å². The zero-order valence-corrected chi connectivity index (χ0v) is 15.7. The van der Waals surface area contributed by atoms with E-state index in [1.54, 1.807) is 10.9 Å². The summed E-state index contributed by atoms with van der Waals surface area (Å²) in [5, 5.41) is 5.09. The molecular formula is C18H15ClIN3. The highest BCUT2D eigenvalue weighted by atomic mass is 127. The molecule has 0 saturated carbocycles. The van der Waals surface area contributed by atoms with Gasteiger partial charge in [-0.15, -0.1) is 0 Å². The van der Waals surface area contributed by atoms with Crippen LogP contribution in [-0.4, -0.2) is 16.0 Å². The summed E-state index contributed by atoms with van der Waals surface area (Å²) in [6.07, 6.45) is 1.79. The van der Waals surface area contributed by atoms with Gasteiger partial charge in [0.2, 0.25) is 0 Å². The number of hydrogen-bond acceptors (Lipinski definition) is 2. The molecule has 0 radical (unpaired) electrons. The van der Waals surface area contributed by atoms with Gasteiger partial charge in [-0.05, 0) is 72.3 Å². The van der Waals surface area contributed by atoms with Crippen LogP contribution in [0.25, 0.3) is 5.69 Å². The van der Waals surface area contributed by atoms with Crippen molar-refractivity contribution in [2.75, 3.05) is 0 Å². The second-order valence-electron chi connectivity index (χ2n) is 5.23. The second kappa shape index (κ2) is 6.84. The van der Waals surface area contributed by atoms with Crippen molar-refractivity contribution in [3.8, 4) is 5.69 Å². The number of para-hydroxylation sites is 1. The highest BCUT2D eigenvalue weighted by Crippen LogP contribution is 2.24. The molecule has 1 heterocycles. The van der Waals surface area contributed by atoms with Gasteiger partial charge in [-0.2, -0.15) is 5.10 Å². The Labute approximate surface area is 154 Å². The lowest BCUT2D eigenvalue weighted by atomic mass is 10.2. The van der Waals surface area contributed by atoms with Crippen LogP contribution in [0.15, 0.2) is 53.5 Å². The van der Waals surface area contributed by atoms with E-state index >= 15 is 0 Å². The molecular weight excluding hydrogens is 421 g/mol. The molecule has 116 valence electrons. The molecule has 3 aromatic rings. The summed E-state index contributed by atoms with van der Waals surface area (Å²) in [4.78, 5) is 4.58. The molecule has 0 aliphatic rings. The van der Waals surface area contributed by atoms with Gasteiger partial charge < -0.3 is 0 Å². The molecule has 0 aliphatic heterocycles. The Balaban J connectivity index is 1.98. The third kappa shape index (κ3) is 3.48. The number of halogens is 2. The number of benzene rings is 2. The molecule has 2 aromatic carbocycles. The highest BCUT2D eigenvalue weighted by molar-refractivity contribution is 14.1. The molecule has 0 unspecified atom stereocenters. The lowest BCUT2D eigenvalue weighted by Crippen LogP contribution is -1.96. The van der Waals surface area contributed by atoms with Crippen LogP contribution in [0.1, 0.15) is 16.8 Å². The molecule has 23 heavy (non-hydrogen) atoms. The first-order valence-electron chi connectivity index (χ1n) is 7.17. The Kier molecular flexibility index (Phi) is 4.82. The standard InChI is InChI=1S/C18H15ClIN3/c1-12-10-14(20)8-9-17(12)21-11-16-13(2)22-23(18(16)19)15-6-4-3-5-7-15/h3-11H,1-2H3. The van der Waals surface area contributed by atoms with Gasteiger partial charge in [0.25, 0.3) is 0 Å². The van der Waals surface area contributed by atoms with Crippen LogP contribution in [0.4, 0.5) is 5.69 Å². The smallest absolute Gasteiger partial charge is 0.141 e. The summed E-state index contributed by atoms with van der Waals surface area (Å²) in [7, 11) is 0. The Morgan fingerprint density at radius 1 is 1.13 bits per heavy atom. The predicted octanol–water partition coefficient (Wildman–Crippen LogP) is 5.50. The Morgan fingerprint density at radius 3 is 2.57 bits per heavy atom. The van der Waals surface area contributed by atoms with Crippen molar-refractivity contribution in [1.29, 1.82) is 0 Å². The number of rotatable bonds is 3. The SMILES string of the molecule is Cc1cc(I)ccc1N=Cc1c(C)nn(-c2ccccc2)c1Cl. The monoisotopic (exact) mass is 435 g/mol. The summed E-state index contributed by atoms with van der Waals surface area (Å²) in [6.45, 7) is 3.99. The molecule has 3 nitrogen and oxygen atoms in total. The van der Waals surface area contributed by atoms with Gasteiger partial charge in [-0.3, -0.25) is 4.99 Å². The fraction of sp³-hybridized carbons (Fsp3) is 0.111. The van der Waals surface area contributed by atoms with E-state index < -0.39 is 0 Å². The molecule has 0 aliphatic carbocycles. The lowest BCUT2D eigenvalue weighted by molar-refractivity contribution is 0.863. The van der Waals surface area contributed by atoms with E-state index in [1.165, 1.54) is 3.57 Å². The third-order valence-electron chi connectivity index (χ3n) is 3.54. The van der Waals surface area contributed by atoms with Gasteiger partial charge in [-0.25, -0.2) is 4.68 Å². The second-order valence-corrected chi connectivity index (χ2v) is 6.83. The largest absolute Gasteiger partial charge is 0.256 e. The topological polar surface area (TPSA) is 30.2 Å². The zero-order valence-electron chi connectivity index (χ0n) is 12.8. The predicted molar refractivity (Wildman–Crippen MR) is 104 cm³/mol. The average molecular weight is 436 g/mol. The van der Waals surface area contributed by atoms with Crippen LogP contribution < -0.4 is 0 Å². The molecule has 0 amide bonds. The van der Waals surface area contributed by atoms with Gasteiger partial charge in [-0.1, -0.05) is 29.8 Å². The minimum Gasteiger partial charge on any atom is -0.256 e. The van der Waals surface area contributed by atoms with Crippen molar-refractivity contribution in [2.45, 2.75) is 13.8 Å². The minimum absolute atomic E-state index is 0.570. The molecule has 3 rings (SSSR count). The number of aryl methyl sites for hydroxylation is 2. The van der Waals surface area contributed by atoms with E-state index in [1.807, 2.05) is 49.4 Å². The van der Waals surface area contributed by atoms with Crippen molar-refractivity contribution in [3.05, 3.63) is 74.1 Å². The van der Waals surface area contributed by atoms with Crippen molar-refractivity contribution >= 4 is 46.1 Å². The van der Waals surface area contributed by atoms with Gasteiger partial charge in [0.05, 0.1) is 22.6 Å². The van der Waals surface area contributed by atoms with Gasteiger partial charge in [0.1, 0.15) is 5.15 Å². The summed E-state index contributed by atoms with van der Waals surface area (Å²) in [5.41, 5.74) is 4.70. The van der Waals surface area contributed by atoms with Crippen LogP contribution >= 0.6 is 34.2 Å². The normalized spacial score (nSPS) is 11.3. The first kappa shape index (κ1) is 16.2. The number of aliphatic imine (C=N–C) groups is 1. The number of hydrogen-bond donors (Lipinski definition) is 0. The van der Waals surface area contributed by atoms with E-state index in [4.69, 9.17) is 11.6 Å². The maximum Gasteiger partial charge on any atom is 0.141 e. The summed E-state index contributed by atoms with van der Waals surface area (Å²) in [6, 6.07) is 16.0. The average Bonchev–Trinajstić information content (AvgIpc) is 2.82. The number of nitrogens with zero attached hydrogens (tertiary/aromatic N) is 3. The van der Waals surface area contributed by atoms with E-state index in [0.717, 1.165) is 28.2 Å². The molecule has 0 N–H and O–H groups in total. The van der Waals surface area contributed by atoms with Crippen molar-refractivity contribution in [2.24, 2.45) is 4.99 Å². The number of aromatic nitrogens is 2. The van der Waals surface area contributed by atoms with Crippen molar-refractivity contribution in [1.82, 2.24) is 9.78 Å². The molecule has 0 saturated heterocycles. The van der Waals surface area contributed by atoms with Crippen LogP contribution in [0.5, 0.6) is 0 Å². The third-order valence-corrected chi connectivity index (χ3v) is 4.58. The first-order chi connectivity index (χ1) is 11.1. The van der Waals surface area contributed by atoms with Crippen LogP contribution in [-0.2, 0) is 0 Å².